The van der Waals surface area contributed by atoms with Crippen molar-refractivity contribution >= 4 is 110 Å². The summed E-state index contributed by atoms with van der Waals surface area (Å²) in [5.41, 5.74) is 8.75. The van der Waals surface area contributed by atoms with Crippen molar-refractivity contribution in [3.63, 3.8) is 0 Å². The molecule has 25 heteroatoms. The monoisotopic (exact) mass is 1940 g/mol. The molecule has 0 spiro atoms. The second-order valence-corrected chi connectivity index (χ2v) is 37.4. The molecule has 1 aliphatic carbocycles. The molecule has 0 radical (unpaired) electrons. The van der Waals surface area contributed by atoms with Gasteiger partial charge >= 0.3 is 0 Å². The summed E-state index contributed by atoms with van der Waals surface area (Å²) in [5.74, 6) is 5.67. The van der Waals surface area contributed by atoms with E-state index in [4.69, 9.17) is 23.7 Å². The standard InChI is InChI=1S/C23H23NO3S.C20H24N2O2.C20H20N2OS.C18H17N3O2S.C18H21NO2.C15H25NOS/c1-3-8-18-12-13-21(22(15-18)26-2)27-17-23(25)24(16-20-11-7-14-28-20)19-9-5-4-6-10-19;1-16-10-12-18(13-11-16)24-15-20(23)22(17-7-3-2-4-8-17)19-9-5-6-14-21-19;1-16-7-9-17(10-8-16)11-12-20(23)22(15-18-5-4-14-24-18)19-6-2-3-13-21-19;1-14-5-7-15(8-6-14)23-13-17(22)21(12-16-4-2-11-24-16)18-19-9-3-10-20-18;1-3-13-19(16-7-5-4-6-8-16)18(20)14-21-17-11-9-15(2)10-12-17;1-3-5-7-13(4-2)12-16-15(17)10-9-14-8-6-11-18-14/h3-7,9-15H,1,8,16-17H2,2H3;5-6,9-14,17H,2-4,7-8,15H2,1H3;2-10,13-14H,11-12,15H2,1H3;2-11H,12-13H2,1H3;4-12H,3,13-14H2,1-2H3;6,8,11,13H,3-5,7,9-10,12H2,1-2H3,(H,16,17). The maximum atomic E-state index is 13.0. The Bertz CT molecular complexity index is 5680. The van der Waals surface area contributed by atoms with E-state index in [1.165, 1.54) is 65.7 Å². The lowest BCUT2D eigenvalue weighted by molar-refractivity contribution is -0.122. The molecule has 7 aromatic carbocycles. The molecule has 14 aromatic rings. The summed E-state index contributed by atoms with van der Waals surface area (Å²) in [6, 6.07) is 85.9. The molecule has 1 unspecified atom stereocenters. The van der Waals surface area contributed by atoms with Crippen molar-refractivity contribution in [2.75, 3.05) is 71.1 Å². The first-order chi connectivity index (χ1) is 67.8. The van der Waals surface area contributed by atoms with Crippen LogP contribution in [0.15, 0.2) is 326 Å². The summed E-state index contributed by atoms with van der Waals surface area (Å²) in [6.45, 7) is 21.4. The van der Waals surface area contributed by atoms with Crippen molar-refractivity contribution in [3.8, 4) is 28.7 Å². The summed E-state index contributed by atoms with van der Waals surface area (Å²) in [5, 5.41) is 11.1. The number of carbonyl (C=O) groups excluding carboxylic acids is 6. The molecular weight excluding hydrogens is 1810 g/mol. The fourth-order valence-electron chi connectivity index (χ4n) is 14.7. The van der Waals surface area contributed by atoms with Crippen LogP contribution in [0.1, 0.15) is 151 Å². The number of aryl methyl sites for hydroxylation is 6. The number of ether oxygens (including phenoxy) is 5. The molecule has 0 bridgehead atoms. The number of aromatic nitrogens is 4. The van der Waals surface area contributed by atoms with E-state index in [0.29, 0.717) is 74.0 Å². The Labute approximate surface area is 836 Å². The topological polar surface area (TPSA) is 228 Å². The lowest BCUT2D eigenvalue weighted by atomic mass is 9.94. The fraction of sp³-hybridized carbons (Fsp3) is 0.298. The number of hydrogen-bond donors (Lipinski definition) is 1. The quantitative estimate of drug-likeness (QED) is 0.0351. The van der Waals surface area contributed by atoms with Gasteiger partial charge in [-0.2, -0.15) is 0 Å². The first-order valence-electron chi connectivity index (χ1n) is 47.5. The highest BCUT2D eigenvalue weighted by Gasteiger charge is 2.29. The number of carbonyl (C=O) groups is 6. The van der Waals surface area contributed by atoms with Crippen molar-refractivity contribution < 1.29 is 52.5 Å². The Morgan fingerprint density at radius 1 is 0.424 bits per heavy atom. The Morgan fingerprint density at radius 3 is 1.36 bits per heavy atom. The van der Waals surface area contributed by atoms with E-state index in [2.05, 4.69) is 95.2 Å². The maximum absolute atomic E-state index is 13.0. The van der Waals surface area contributed by atoms with Gasteiger partial charge in [0.25, 0.3) is 23.6 Å². The maximum Gasteiger partial charge on any atom is 0.267 e. The minimum Gasteiger partial charge on any atom is -0.493 e. The SMILES string of the molecule is C=CCc1ccc(OCC(=O)N(Cc2cccs2)c2ccccc2)c(OC)c1.CCCCC(CC)CNC(=O)CCc1cccs1.CCCN(C(=O)COc1ccc(C)cc1)c1ccccc1.Cc1ccc(CCC(=O)N(Cc2cccs2)c2ccccn2)cc1.Cc1ccc(OCC(=O)N(Cc2cccs2)c2ncccn2)cc1.Cc1ccc(OCC(=O)N(c2ccccn2)C2CCCCC2)cc1. The van der Waals surface area contributed by atoms with E-state index < -0.39 is 0 Å². The molecular formula is C114H130N10O11S4. The molecule has 139 heavy (non-hydrogen) atoms. The van der Waals surface area contributed by atoms with Crippen LogP contribution in [0.2, 0.25) is 0 Å². The summed E-state index contributed by atoms with van der Waals surface area (Å²) in [7, 11) is 1.59. The number of rotatable bonds is 41. The zero-order chi connectivity index (χ0) is 98.4. The minimum atomic E-state index is -0.185. The van der Waals surface area contributed by atoms with E-state index in [0.717, 1.165) is 106 Å². The summed E-state index contributed by atoms with van der Waals surface area (Å²) in [6.07, 6.45) is 23.5. The van der Waals surface area contributed by atoms with Gasteiger partial charge in [-0.05, 0) is 239 Å². The number of hydrogen-bond acceptors (Lipinski definition) is 19. The van der Waals surface area contributed by atoms with Crippen molar-refractivity contribution in [1.82, 2.24) is 25.3 Å². The third kappa shape index (κ3) is 38.3. The average Bonchev–Trinajstić information content (AvgIpc) is 1.81. The van der Waals surface area contributed by atoms with Gasteiger partial charge in [0.1, 0.15) is 28.9 Å². The fourth-order valence-corrected chi connectivity index (χ4v) is 17.5. The average molecular weight is 1940 g/mol. The highest BCUT2D eigenvalue weighted by molar-refractivity contribution is 7.10. The number of thiophene rings is 4. The van der Waals surface area contributed by atoms with E-state index in [-0.39, 0.29) is 67.9 Å². The zero-order valence-corrected chi connectivity index (χ0v) is 84.3. The number of unbranched alkanes of at least 4 members (excludes halogenated alkanes) is 1. The van der Waals surface area contributed by atoms with Crippen LogP contribution in [-0.4, -0.2) is 108 Å². The van der Waals surface area contributed by atoms with Gasteiger partial charge in [-0.15, -0.1) is 51.9 Å². The van der Waals surface area contributed by atoms with Crippen LogP contribution in [0.25, 0.3) is 0 Å². The Hall–Kier alpha value is -13.7. The van der Waals surface area contributed by atoms with Crippen LogP contribution in [0.5, 0.6) is 28.7 Å². The molecule has 0 aliphatic heterocycles. The lowest BCUT2D eigenvalue weighted by Gasteiger charge is -2.33. The number of pyridine rings is 2. The molecule has 21 nitrogen and oxygen atoms in total. The van der Waals surface area contributed by atoms with Gasteiger partial charge in [0, 0.05) is 87.6 Å². The van der Waals surface area contributed by atoms with Crippen LogP contribution >= 0.6 is 45.3 Å². The first kappa shape index (κ1) is 107. The van der Waals surface area contributed by atoms with E-state index in [1.807, 2.05) is 278 Å². The Kier molecular flexibility index (Phi) is 46.9. The van der Waals surface area contributed by atoms with E-state index in [1.54, 1.807) is 103 Å². The number of nitrogens with zero attached hydrogens (tertiary/aromatic N) is 9. The summed E-state index contributed by atoms with van der Waals surface area (Å²) in [4.78, 5) is 106. The number of nitrogens with one attached hydrogen (secondary N) is 1. The number of methoxy groups -OCH3 is 1. The number of amides is 6. The van der Waals surface area contributed by atoms with Crippen molar-refractivity contribution in [3.05, 3.63) is 379 Å². The first-order valence-corrected chi connectivity index (χ1v) is 51.0. The molecule has 1 atom stereocenters. The van der Waals surface area contributed by atoms with Gasteiger partial charge in [0.15, 0.2) is 37.9 Å². The molecule has 1 fully saturated rings. The van der Waals surface area contributed by atoms with E-state index >= 15 is 0 Å². The van der Waals surface area contributed by atoms with Crippen molar-refractivity contribution in [2.45, 2.75) is 170 Å². The highest BCUT2D eigenvalue weighted by Crippen LogP contribution is 2.32. The van der Waals surface area contributed by atoms with Crippen molar-refractivity contribution in [1.29, 1.82) is 0 Å². The molecule has 1 N–H and O–H groups in total. The third-order valence-corrected chi connectivity index (χ3v) is 26.0. The van der Waals surface area contributed by atoms with Crippen molar-refractivity contribution in [2.24, 2.45) is 5.92 Å². The van der Waals surface area contributed by atoms with Gasteiger partial charge < -0.3 is 38.8 Å². The molecule has 7 aromatic heterocycles. The van der Waals surface area contributed by atoms with Crippen LogP contribution in [-0.2, 0) is 67.7 Å². The van der Waals surface area contributed by atoms with E-state index in [9.17, 15) is 28.8 Å². The predicted molar refractivity (Wildman–Crippen MR) is 568 cm³/mol. The lowest BCUT2D eigenvalue weighted by Crippen LogP contribution is -2.44. The number of anilines is 5. The number of allylic oxidation sites excluding steroid dienone is 1. The van der Waals surface area contributed by atoms with Gasteiger partial charge in [-0.25, -0.2) is 19.9 Å². The van der Waals surface area contributed by atoms with Gasteiger partial charge in [-0.3, -0.25) is 43.5 Å². The molecule has 726 valence electrons. The normalized spacial score (nSPS) is 11.4. The molecule has 0 saturated heterocycles. The highest BCUT2D eigenvalue weighted by atomic mass is 32.1. The molecule has 15 rings (SSSR count). The summed E-state index contributed by atoms with van der Waals surface area (Å²) < 4.78 is 28.1. The van der Waals surface area contributed by atoms with Crippen LogP contribution in [0.4, 0.5) is 29.0 Å². The summed E-state index contributed by atoms with van der Waals surface area (Å²) >= 11 is 6.60. The third-order valence-electron chi connectivity index (χ3n) is 22.5. The second kappa shape index (κ2) is 60.8. The Balaban J connectivity index is 0.000000173. The predicted octanol–water partition coefficient (Wildman–Crippen LogP) is 25.1. The zero-order valence-electron chi connectivity index (χ0n) is 81.1. The van der Waals surface area contributed by atoms with Crippen LogP contribution in [0.3, 0.4) is 0 Å². The van der Waals surface area contributed by atoms with Gasteiger partial charge in [-0.1, -0.05) is 227 Å². The van der Waals surface area contributed by atoms with Crippen LogP contribution in [0, 0.1) is 33.6 Å². The molecule has 1 saturated carbocycles. The number of benzene rings is 7. The molecule has 6 amide bonds. The Morgan fingerprint density at radius 2 is 0.878 bits per heavy atom. The molecule has 1 aliphatic rings. The van der Waals surface area contributed by atoms with Crippen LogP contribution < -0.4 is 53.5 Å². The van der Waals surface area contributed by atoms with Gasteiger partial charge in [0.2, 0.25) is 17.8 Å². The minimum absolute atomic E-state index is 0.0244. The number of para-hydroxylation sites is 2. The molecule has 7 heterocycles. The largest absolute Gasteiger partial charge is 0.493 e. The smallest absolute Gasteiger partial charge is 0.267 e. The second-order valence-electron chi connectivity index (χ2n) is 33.2. The van der Waals surface area contributed by atoms with Gasteiger partial charge in [0.05, 0.1) is 26.7 Å².